The number of carbonyl (C=O) groups is 3. The maximum absolute atomic E-state index is 15.5. The average Bonchev–Trinajstić information content (AvgIpc) is 3.30. The molecule has 3 aliphatic rings. The molecule has 8 rings (SSSR count). The van der Waals surface area contributed by atoms with E-state index in [1.807, 2.05) is 49.4 Å². The summed E-state index contributed by atoms with van der Waals surface area (Å²) < 4.78 is 37.0. The molecule has 4 aromatic carbocycles. The molecule has 1 aromatic heterocycles. The summed E-state index contributed by atoms with van der Waals surface area (Å²) in [6.45, 7) is 5.76. The van der Waals surface area contributed by atoms with Crippen molar-refractivity contribution in [2.24, 2.45) is 0 Å². The maximum Gasteiger partial charge on any atom is 0.272 e. The first-order valence-electron chi connectivity index (χ1n) is 21.4. The molecule has 3 aliphatic heterocycles. The fraction of sp³-hybridized carbons (Fsp3) is 0.375. The first-order chi connectivity index (χ1) is 30.1. The van der Waals surface area contributed by atoms with Crippen LogP contribution in [0.4, 0.5) is 8.78 Å². The number of nitrogens with zero attached hydrogens (tertiary/aromatic N) is 6. The second-order valence-electron chi connectivity index (χ2n) is 16.4. The number of nitrogens with one attached hydrogen (secondary N) is 1. The molecule has 0 atom stereocenters. The SMILES string of the molecule is CCc1cccc(-c2cc(F)c(C(=O)N3CCC(OC4CCN(CC(=O)N5CCN(C(=O)c6cc(Cc7n[nH]c(=O)c8ccccc78)ccc6F)CC5)CC4)CC3)c(C#N)c2)c1. The van der Waals surface area contributed by atoms with E-state index >= 15 is 8.78 Å². The number of hydrogen-bond acceptors (Lipinski definition) is 8. The van der Waals surface area contributed by atoms with Gasteiger partial charge < -0.3 is 19.4 Å². The quantitative estimate of drug-likeness (QED) is 0.182. The lowest BCUT2D eigenvalue weighted by Crippen LogP contribution is -2.53. The predicted octanol–water partition coefficient (Wildman–Crippen LogP) is 5.96. The smallest absolute Gasteiger partial charge is 0.272 e. The van der Waals surface area contributed by atoms with Crippen molar-refractivity contribution in [1.29, 1.82) is 5.26 Å². The molecular weight excluding hydrogens is 793 g/mol. The van der Waals surface area contributed by atoms with Crippen LogP contribution in [0.25, 0.3) is 21.9 Å². The Balaban J connectivity index is 0.770. The molecule has 0 saturated carbocycles. The average molecular weight is 842 g/mol. The molecule has 0 unspecified atom stereocenters. The van der Waals surface area contributed by atoms with Gasteiger partial charge in [0, 0.05) is 64.2 Å². The van der Waals surface area contributed by atoms with Gasteiger partial charge >= 0.3 is 0 Å². The minimum Gasteiger partial charge on any atom is -0.375 e. The number of aromatic amines is 1. The molecule has 1 N–H and O–H groups in total. The monoisotopic (exact) mass is 841 g/mol. The van der Waals surface area contributed by atoms with Crippen LogP contribution < -0.4 is 5.56 Å². The van der Waals surface area contributed by atoms with Crippen LogP contribution in [0.2, 0.25) is 0 Å². The lowest BCUT2D eigenvalue weighted by Gasteiger charge is -2.38. The summed E-state index contributed by atoms with van der Waals surface area (Å²) >= 11 is 0. The largest absolute Gasteiger partial charge is 0.375 e. The molecule has 320 valence electrons. The van der Waals surface area contributed by atoms with Gasteiger partial charge in [0.25, 0.3) is 17.4 Å². The molecular formula is C48H49F2N7O5. The van der Waals surface area contributed by atoms with Gasteiger partial charge in [-0.25, -0.2) is 13.9 Å². The van der Waals surface area contributed by atoms with Crippen LogP contribution in [0.15, 0.2) is 83.7 Å². The van der Waals surface area contributed by atoms with E-state index in [0.717, 1.165) is 30.4 Å². The van der Waals surface area contributed by atoms with E-state index in [9.17, 15) is 24.4 Å². The highest BCUT2D eigenvalue weighted by Gasteiger charge is 2.32. The summed E-state index contributed by atoms with van der Waals surface area (Å²) in [7, 11) is 0. The van der Waals surface area contributed by atoms with Crippen LogP contribution in [0, 0.1) is 23.0 Å². The molecule has 0 radical (unpaired) electrons. The standard InChI is InChI=1S/C48H49F2N7O5/c1-2-31-6-5-7-33(24-31)34-27-35(29-51)45(42(50)28-34)48(61)56-18-14-37(15-19-56)62-36-12-16-54(17-13-36)30-44(58)55-20-22-57(23-21-55)47(60)40-25-32(10-11-41(40)49)26-43-38-8-3-4-9-39(38)46(59)53-52-43/h3-11,24-25,27-28,36-37H,2,12-23,26,30H2,1H3,(H,53,59). The van der Waals surface area contributed by atoms with Crippen molar-refractivity contribution in [2.45, 2.75) is 57.7 Å². The number of piperazine rings is 1. The summed E-state index contributed by atoms with van der Waals surface area (Å²) in [5.74, 6) is -2.25. The molecule has 3 saturated heterocycles. The Bertz CT molecular complexity index is 2590. The second kappa shape index (κ2) is 18.8. The number of benzene rings is 4. The van der Waals surface area contributed by atoms with Crippen molar-refractivity contribution in [3.8, 4) is 17.2 Å². The molecule has 3 amide bonds. The van der Waals surface area contributed by atoms with Gasteiger partial charge in [-0.15, -0.1) is 0 Å². The molecule has 0 aliphatic carbocycles. The van der Waals surface area contributed by atoms with Crippen molar-refractivity contribution in [3.05, 3.63) is 134 Å². The zero-order valence-electron chi connectivity index (χ0n) is 34.7. The van der Waals surface area contributed by atoms with Gasteiger partial charge in [-0.3, -0.25) is 24.1 Å². The summed E-state index contributed by atoms with van der Waals surface area (Å²) in [6.07, 6.45) is 3.84. The van der Waals surface area contributed by atoms with Crippen LogP contribution >= 0.6 is 0 Å². The van der Waals surface area contributed by atoms with Crippen molar-refractivity contribution in [2.75, 3.05) is 58.9 Å². The first-order valence-corrected chi connectivity index (χ1v) is 21.4. The number of rotatable bonds is 10. The third-order valence-electron chi connectivity index (χ3n) is 12.4. The lowest BCUT2D eigenvalue weighted by molar-refractivity contribution is -0.135. The van der Waals surface area contributed by atoms with E-state index in [1.165, 1.54) is 18.2 Å². The third-order valence-corrected chi connectivity index (χ3v) is 12.4. The first kappa shape index (κ1) is 42.4. The summed E-state index contributed by atoms with van der Waals surface area (Å²) in [4.78, 5) is 59.7. The molecule has 0 bridgehead atoms. The van der Waals surface area contributed by atoms with Gasteiger partial charge in [0.05, 0.1) is 46.5 Å². The molecule has 12 nitrogen and oxygen atoms in total. The number of nitriles is 1. The number of aromatic nitrogens is 2. The summed E-state index contributed by atoms with van der Waals surface area (Å²) in [6, 6.07) is 24.3. The highest BCUT2D eigenvalue weighted by atomic mass is 19.1. The van der Waals surface area contributed by atoms with Crippen LogP contribution in [0.3, 0.4) is 0 Å². The van der Waals surface area contributed by atoms with Crippen molar-refractivity contribution in [1.82, 2.24) is 29.8 Å². The van der Waals surface area contributed by atoms with E-state index in [0.29, 0.717) is 86.1 Å². The number of fused-ring (bicyclic) bond motifs is 1. The van der Waals surface area contributed by atoms with E-state index in [-0.39, 0.29) is 60.0 Å². The van der Waals surface area contributed by atoms with E-state index in [4.69, 9.17) is 4.74 Å². The number of halogens is 2. The zero-order chi connectivity index (χ0) is 43.3. The Morgan fingerprint density at radius 1 is 0.742 bits per heavy atom. The highest BCUT2D eigenvalue weighted by Crippen LogP contribution is 2.29. The second-order valence-corrected chi connectivity index (χ2v) is 16.4. The summed E-state index contributed by atoms with van der Waals surface area (Å²) in [5.41, 5.74) is 3.25. The van der Waals surface area contributed by atoms with E-state index in [1.54, 1.807) is 39.0 Å². The minimum atomic E-state index is -0.699. The number of H-pyrrole nitrogens is 1. The van der Waals surface area contributed by atoms with Gasteiger partial charge in [-0.1, -0.05) is 55.5 Å². The van der Waals surface area contributed by atoms with Gasteiger partial charge in [-0.05, 0) is 84.7 Å². The Morgan fingerprint density at radius 2 is 1.42 bits per heavy atom. The Morgan fingerprint density at radius 3 is 2.13 bits per heavy atom. The number of carbonyl (C=O) groups excluding carboxylic acids is 3. The number of hydrogen-bond donors (Lipinski definition) is 1. The van der Waals surface area contributed by atoms with E-state index < -0.39 is 23.4 Å². The molecule has 14 heteroatoms. The van der Waals surface area contributed by atoms with Crippen LogP contribution in [-0.2, 0) is 22.4 Å². The molecule has 3 fully saturated rings. The normalized spacial score (nSPS) is 16.7. The predicted molar refractivity (Wildman–Crippen MR) is 229 cm³/mol. The third kappa shape index (κ3) is 9.29. The Labute approximate surface area is 358 Å². The van der Waals surface area contributed by atoms with Gasteiger partial charge in [0.2, 0.25) is 5.91 Å². The van der Waals surface area contributed by atoms with Gasteiger partial charge in [0.15, 0.2) is 0 Å². The topological polar surface area (TPSA) is 143 Å². The Hall–Kier alpha value is -6.30. The molecule has 62 heavy (non-hydrogen) atoms. The lowest BCUT2D eigenvalue weighted by atomic mass is 9.96. The number of ether oxygens (including phenoxy) is 1. The van der Waals surface area contributed by atoms with Crippen LogP contribution in [-0.4, -0.2) is 119 Å². The minimum absolute atomic E-state index is 0.0151. The van der Waals surface area contributed by atoms with Gasteiger partial charge in [0.1, 0.15) is 17.7 Å². The Kier molecular flexibility index (Phi) is 12.8. The number of likely N-dealkylation sites (tertiary alicyclic amines) is 2. The number of piperidine rings is 2. The number of amides is 3. The van der Waals surface area contributed by atoms with E-state index in [2.05, 4.69) is 15.1 Å². The molecule has 5 aromatic rings. The van der Waals surface area contributed by atoms with Gasteiger partial charge in [-0.2, -0.15) is 10.4 Å². The highest BCUT2D eigenvalue weighted by molar-refractivity contribution is 5.98. The number of aryl methyl sites for hydroxylation is 1. The van der Waals surface area contributed by atoms with Crippen LogP contribution in [0.5, 0.6) is 0 Å². The fourth-order valence-electron chi connectivity index (χ4n) is 8.84. The van der Waals surface area contributed by atoms with Crippen molar-refractivity contribution in [3.63, 3.8) is 0 Å². The zero-order valence-corrected chi connectivity index (χ0v) is 34.7. The maximum atomic E-state index is 15.5. The van der Waals surface area contributed by atoms with Crippen LogP contribution in [0.1, 0.15) is 75.7 Å². The molecule has 0 spiro atoms. The van der Waals surface area contributed by atoms with Crippen molar-refractivity contribution >= 4 is 28.5 Å². The fourth-order valence-corrected chi connectivity index (χ4v) is 8.84. The summed E-state index contributed by atoms with van der Waals surface area (Å²) in [5, 5.41) is 17.8. The van der Waals surface area contributed by atoms with Crippen molar-refractivity contribution < 1.29 is 27.9 Å². The molecule has 4 heterocycles.